The molecule has 0 N–H and O–H groups in total. The molecule has 2 aromatic carbocycles. The van der Waals surface area contributed by atoms with Gasteiger partial charge in [-0.05, 0) is 42.8 Å². The maximum Gasteiger partial charge on any atom is 0.416 e. The van der Waals surface area contributed by atoms with Gasteiger partial charge in [0.1, 0.15) is 19.3 Å². The number of halogens is 3. The number of hydrogen-bond donors (Lipinski definition) is 0. The van der Waals surface area contributed by atoms with Crippen molar-refractivity contribution in [1.82, 2.24) is 24.3 Å². The Hall–Kier alpha value is -3.20. The van der Waals surface area contributed by atoms with Crippen LogP contribution in [0.4, 0.5) is 13.2 Å². The number of fused-ring (bicyclic) bond motifs is 1. The first-order chi connectivity index (χ1) is 14.0. The van der Waals surface area contributed by atoms with Crippen LogP contribution in [0, 0.1) is 0 Å². The number of hydrogen-bond acceptors (Lipinski definition) is 4. The highest BCUT2D eigenvalue weighted by atomic mass is 19.4. The van der Waals surface area contributed by atoms with Crippen molar-refractivity contribution in [1.29, 1.82) is 0 Å². The summed E-state index contributed by atoms with van der Waals surface area (Å²) in [5.74, 6) is 0.754. The summed E-state index contributed by atoms with van der Waals surface area (Å²) in [4.78, 5) is 8.30. The Bertz CT molecular complexity index is 1130. The molecule has 0 bridgehead atoms. The van der Waals surface area contributed by atoms with Crippen LogP contribution in [0.5, 0.6) is 0 Å². The van der Waals surface area contributed by atoms with E-state index in [1.165, 1.54) is 18.7 Å². The summed E-state index contributed by atoms with van der Waals surface area (Å²) in [6.45, 7) is 3.41. The lowest BCUT2D eigenvalue weighted by Crippen LogP contribution is -2.06. The van der Waals surface area contributed by atoms with Gasteiger partial charge in [-0.1, -0.05) is 12.1 Å². The van der Waals surface area contributed by atoms with Crippen LogP contribution >= 0.6 is 0 Å². The van der Waals surface area contributed by atoms with Crippen molar-refractivity contribution in [2.45, 2.75) is 32.9 Å². The van der Waals surface area contributed by atoms with Gasteiger partial charge in [-0.2, -0.15) is 18.3 Å². The van der Waals surface area contributed by atoms with E-state index < -0.39 is 11.7 Å². The Morgan fingerprint density at radius 3 is 2.69 bits per heavy atom. The molecule has 2 aromatic heterocycles. The Morgan fingerprint density at radius 2 is 1.90 bits per heavy atom. The lowest BCUT2D eigenvalue weighted by molar-refractivity contribution is -0.137. The average molecular weight is 401 g/mol. The molecule has 4 rings (SSSR count). The zero-order valence-electron chi connectivity index (χ0n) is 15.6. The molecule has 0 aliphatic heterocycles. The van der Waals surface area contributed by atoms with E-state index in [-0.39, 0.29) is 0 Å². The van der Waals surface area contributed by atoms with Gasteiger partial charge in [0.25, 0.3) is 0 Å². The summed E-state index contributed by atoms with van der Waals surface area (Å²) in [5, 5.41) is 4.10. The van der Waals surface area contributed by atoms with Crippen LogP contribution in [0.1, 0.15) is 23.9 Å². The second-order valence-corrected chi connectivity index (χ2v) is 6.47. The molecule has 0 spiro atoms. The molecule has 29 heavy (non-hydrogen) atoms. The minimum absolute atomic E-state index is 0.292. The number of alkyl halides is 3. The van der Waals surface area contributed by atoms with Crippen LogP contribution < -0.4 is 0 Å². The van der Waals surface area contributed by atoms with Gasteiger partial charge in [0.2, 0.25) is 0 Å². The smallest absolute Gasteiger partial charge is 0.369 e. The molecule has 2 heterocycles. The average Bonchev–Trinajstić information content (AvgIpc) is 3.33. The fourth-order valence-corrected chi connectivity index (χ4v) is 3.12. The van der Waals surface area contributed by atoms with Crippen LogP contribution in [-0.2, 0) is 30.7 Å². The van der Waals surface area contributed by atoms with Crippen LogP contribution in [0.2, 0.25) is 0 Å². The monoisotopic (exact) mass is 401 g/mol. The lowest BCUT2D eigenvalue weighted by atomic mass is 10.1. The molecule has 0 amide bonds. The van der Waals surface area contributed by atoms with E-state index in [0.717, 1.165) is 35.8 Å². The van der Waals surface area contributed by atoms with Crippen molar-refractivity contribution < 1.29 is 17.9 Å². The minimum atomic E-state index is -4.39. The molecule has 0 fully saturated rings. The summed E-state index contributed by atoms with van der Waals surface area (Å²) < 4.78 is 48.0. The third-order valence-electron chi connectivity index (χ3n) is 4.56. The molecule has 0 unspecified atom stereocenters. The second kappa shape index (κ2) is 7.67. The highest BCUT2D eigenvalue weighted by molar-refractivity contribution is 5.78. The van der Waals surface area contributed by atoms with Gasteiger partial charge in [0.05, 0.1) is 23.2 Å². The van der Waals surface area contributed by atoms with Crippen LogP contribution in [-0.4, -0.2) is 24.3 Å². The molecule has 0 aliphatic rings. The molecule has 9 heteroatoms. The number of nitrogens with zero attached hydrogens (tertiary/aromatic N) is 5. The zero-order valence-corrected chi connectivity index (χ0v) is 15.6. The Kier molecular flexibility index (Phi) is 5.06. The summed E-state index contributed by atoms with van der Waals surface area (Å²) in [6.07, 6.45) is -1.37. The van der Waals surface area contributed by atoms with Gasteiger partial charge in [-0.15, -0.1) is 0 Å². The lowest BCUT2D eigenvalue weighted by Gasteiger charge is -2.09. The molecule has 150 valence electrons. The molecular formula is C20H18F3N5O. The fraction of sp³-hybridized carbons (Fsp3) is 0.250. The number of aryl methyl sites for hydroxylation is 1. The van der Waals surface area contributed by atoms with E-state index in [4.69, 9.17) is 4.74 Å². The van der Waals surface area contributed by atoms with Crippen molar-refractivity contribution in [3.05, 3.63) is 72.1 Å². The number of ether oxygens (including phenoxy) is 1. The predicted octanol–water partition coefficient (Wildman–Crippen LogP) is 4.37. The van der Waals surface area contributed by atoms with E-state index in [0.29, 0.717) is 24.2 Å². The maximum absolute atomic E-state index is 12.9. The van der Waals surface area contributed by atoms with Crippen molar-refractivity contribution in [2.75, 3.05) is 0 Å². The summed E-state index contributed by atoms with van der Waals surface area (Å²) >= 11 is 0. The van der Waals surface area contributed by atoms with E-state index >= 15 is 0 Å². The molecule has 6 nitrogen and oxygen atoms in total. The first-order valence-corrected chi connectivity index (χ1v) is 9.03. The Balaban J connectivity index is 1.52. The molecule has 0 saturated carbocycles. The van der Waals surface area contributed by atoms with Crippen molar-refractivity contribution >= 4 is 11.0 Å². The molecule has 0 saturated heterocycles. The molecule has 4 aromatic rings. The van der Waals surface area contributed by atoms with Gasteiger partial charge < -0.3 is 4.74 Å². The van der Waals surface area contributed by atoms with Gasteiger partial charge >= 0.3 is 6.18 Å². The molecule has 0 atom stereocenters. The maximum atomic E-state index is 12.9. The minimum Gasteiger partial charge on any atom is -0.369 e. The highest BCUT2D eigenvalue weighted by Gasteiger charge is 2.30. The topological polar surface area (TPSA) is 57.8 Å². The molecule has 0 aliphatic carbocycles. The third-order valence-corrected chi connectivity index (χ3v) is 4.56. The van der Waals surface area contributed by atoms with Crippen molar-refractivity contribution in [2.24, 2.45) is 0 Å². The third kappa shape index (κ3) is 4.00. The van der Waals surface area contributed by atoms with Crippen LogP contribution in [0.15, 0.2) is 55.1 Å². The Morgan fingerprint density at radius 1 is 1.03 bits per heavy atom. The van der Waals surface area contributed by atoms with E-state index in [1.807, 2.05) is 31.2 Å². The summed E-state index contributed by atoms with van der Waals surface area (Å²) in [5.41, 5.74) is 1.91. The number of rotatable bonds is 6. The van der Waals surface area contributed by atoms with Crippen molar-refractivity contribution in [3.8, 4) is 5.69 Å². The van der Waals surface area contributed by atoms with Crippen LogP contribution in [0.3, 0.4) is 0 Å². The fourth-order valence-electron chi connectivity index (χ4n) is 3.12. The van der Waals surface area contributed by atoms with Gasteiger partial charge in [0.15, 0.2) is 5.82 Å². The summed E-state index contributed by atoms with van der Waals surface area (Å²) in [7, 11) is 0. The number of benzene rings is 2. The number of imidazole rings is 1. The highest BCUT2D eigenvalue weighted by Crippen LogP contribution is 2.31. The van der Waals surface area contributed by atoms with E-state index in [2.05, 4.69) is 15.1 Å². The van der Waals surface area contributed by atoms with Gasteiger partial charge in [-0.3, -0.25) is 4.57 Å². The first-order valence-electron chi connectivity index (χ1n) is 9.03. The molecular weight excluding hydrogens is 383 g/mol. The predicted molar refractivity (Wildman–Crippen MR) is 100 cm³/mol. The summed E-state index contributed by atoms with van der Waals surface area (Å²) in [6, 6.07) is 11.2. The zero-order chi connectivity index (χ0) is 20.4. The standard InChI is InChI=1S/C20H18F3N5O/c1-2-28-19(24-12-26-28)11-29-10-14-4-3-5-16(8-14)27-13-25-17-9-15(20(21,22)23)6-7-18(17)27/h3-9,12-13H,2,10-11H2,1H3. The van der Waals surface area contributed by atoms with Crippen molar-refractivity contribution in [3.63, 3.8) is 0 Å². The van der Waals surface area contributed by atoms with Crippen LogP contribution in [0.25, 0.3) is 16.7 Å². The second-order valence-electron chi connectivity index (χ2n) is 6.47. The number of aromatic nitrogens is 5. The van der Waals surface area contributed by atoms with E-state index in [1.54, 1.807) is 9.25 Å². The quantitative estimate of drug-likeness (QED) is 0.481. The SMILES string of the molecule is CCn1ncnc1COCc1cccc(-n2cnc3cc(C(F)(F)F)ccc32)c1. The first kappa shape index (κ1) is 19.1. The van der Waals surface area contributed by atoms with E-state index in [9.17, 15) is 13.2 Å². The Labute approximate surface area is 164 Å². The van der Waals surface area contributed by atoms with Gasteiger partial charge in [-0.25, -0.2) is 14.6 Å². The molecule has 0 radical (unpaired) electrons. The van der Waals surface area contributed by atoms with Gasteiger partial charge in [0, 0.05) is 12.2 Å². The normalized spacial score (nSPS) is 12.0. The largest absolute Gasteiger partial charge is 0.416 e.